The predicted molar refractivity (Wildman–Crippen MR) is 52.8 cm³/mol. The molecule has 14 heavy (non-hydrogen) atoms. The maximum Gasteiger partial charge on any atom is 0.247 e. The van der Waals surface area contributed by atoms with Gasteiger partial charge in [0.15, 0.2) is 0 Å². The Labute approximate surface area is 83.6 Å². The Morgan fingerprint density at radius 2 is 1.93 bits per heavy atom. The average Bonchev–Trinajstić information content (AvgIpc) is 2.07. The summed E-state index contributed by atoms with van der Waals surface area (Å²) in [6.07, 6.45) is 4.07. The van der Waals surface area contributed by atoms with Crippen LogP contribution in [0.1, 0.15) is 32.6 Å². The Morgan fingerprint density at radius 1 is 1.36 bits per heavy atom. The Kier molecular flexibility index (Phi) is 3.95. The van der Waals surface area contributed by atoms with Gasteiger partial charge in [-0.1, -0.05) is 0 Å². The first-order chi connectivity index (χ1) is 6.58. The molecule has 1 fully saturated rings. The molecular weight excluding hydrogens is 182 g/mol. The van der Waals surface area contributed by atoms with E-state index in [1.165, 1.54) is 13.0 Å². The lowest BCUT2D eigenvalue weighted by molar-refractivity contribution is -0.117. The van der Waals surface area contributed by atoms with Gasteiger partial charge in [-0.15, -0.1) is 0 Å². The van der Waals surface area contributed by atoms with Crippen LogP contribution in [0.25, 0.3) is 0 Å². The molecule has 1 amide bonds. The molecule has 1 aliphatic carbocycles. The zero-order valence-electron chi connectivity index (χ0n) is 8.36. The molecule has 0 aromatic heterocycles. The van der Waals surface area contributed by atoms with E-state index in [9.17, 15) is 9.90 Å². The van der Waals surface area contributed by atoms with Crippen molar-refractivity contribution >= 4 is 5.91 Å². The second kappa shape index (κ2) is 5.00. The summed E-state index contributed by atoms with van der Waals surface area (Å²) < 4.78 is 0. The standard InChI is InChI=1S/C10H17NO3/c1-7(12)6-10(14)11-8-2-4-9(13)5-3-8/h6,8-9,12-13H,2-5H2,1H3,(H,11,14). The fourth-order valence-electron chi connectivity index (χ4n) is 1.65. The average molecular weight is 199 g/mol. The number of hydrogen-bond donors (Lipinski definition) is 3. The summed E-state index contributed by atoms with van der Waals surface area (Å²) in [6, 6.07) is 0.140. The Hall–Kier alpha value is -1.03. The van der Waals surface area contributed by atoms with E-state index in [0.29, 0.717) is 0 Å². The van der Waals surface area contributed by atoms with Crippen LogP contribution in [0.15, 0.2) is 11.8 Å². The van der Waals surface area contributed by atoms with Gasteiger partial charge in [0.2, 0.25) is 5.91 Å². The van der Waals surface area contributed by atoms with Crippen molar-refractivity contribution < 1.29 is 15.0 Å². The minimum atomic E-state index is -0.258. The van der Waals surface area contributed by atoms with Crippen LogP contribution in [0.4, 0.5) is 0 Å². The van der Waals surface area contributed by atoms with Gasteiger partial charge >= 0.3 is 0 Å². The Bertz CT molecular complexity index is 226. The van der Waals surface area contributed by atoms with Crippen LogP contribution in [-0.4, -0.2) is 28.3 Å². The zero-order chi connectivity index (χ0) is 10.6. The van der Waals surface area contributed by atoms with E-state index in [1.54, 1.807) is 0 Å². The van der Waals surface area contributed by atoms with Gasteiger partial charge in [-0.05, 0) is 32.6 Å². The van der Waals surface area contributed by atoms with E-state index < -0.39 is 0 Å². The first-order valence-electron chi connectivity index (χ1n) is 4.93. The Morgan fingerprint density at radius 3 is 2.43 bits per heavy atom. The lowest BCUT2D eigenvalue weighted by Gasteiger charge is -2.25. The van der Waals surface area contributed by atoms with Crippen LogP contribution in [0.5, 0.6) is 0 Å². The summed E-state index contributed by atoms with van der Waals surface area (Å²) in [5, 5.41) is 20.9. The molecule has 0 aromatic rings. The molecule has 4 nitrogen and oxygen atoms in total. The number of allylic oxidation sites excluding steroid dienone is 1. The summed E-state index contributed by atoms with van der Waals surface area (Å²) in [6.45, 7) is 1.46. The third kappa shape index (κ3) is 3.79. The summed E-state index contributed by atoms with van der Waals surface area (Å²) >= 11 is 0. The van der Waals surface area contributed by atoms with Gasteiger partial charge < -0.3 is 15.5 Å². The number of amides is 1. The number of aliphatic hydroxyl groups excluding tert-OH is 2. The van der Waals surface area contributed by atoms with Crippen molar-refractivity contribution in [1.29, 1.82) is 0 Å². The molecule has 1 aliphatic rings. The van der Waals surface area contributed by atoms with Crippen LogP contribution in [-0.2, 0) is 4.79 Å². The molecule has 1 saturated carbocycles. The largest absolute Gasteiger partial charge is 0.512 e. The van der Waals surface area contributed by atoms with Crippen molar-refractivity contribution in [1.82, 2.24) is 5.32 Å². The van der Waals surface area contributed by atoms with Gasteiger partial charge in [0.05, 0.1) is 11.9 Å². The molecule has 0 unspecified atom stereocenters. The molecule has 0 bridgehead atoms. The van der Waals surface area contributed by atoms with Gasteiger partial charge in [-0.3, -0.25) is 4.79 Å². The minimum absolute atomic E-state index is 0.0124. The van der Waals surface area contributed by atoms with E-state index in [2.05, 4.69) is 5.32 Å². The number of aliphatic hydroxyl groups is 2. The second-order valence-corrected chi connectivity index (χ2v) is 3.80. The quantitative estimate of drug-likeness (QED) is 0.456. The van der Waals surface area contributed by atoms with Crippen molar-refractivity contribution in [2.75, 3.05) is 0 Å². The molecule has 0 saturated heterocycles. The highest BCUT2D eigenvalue weighted by Gasteiger charge is 2.19. The maximum absolute atomic E-state index is 11.2. The van der Waals surface area contributed by atoms with Crippen molar-refractivity contribution in [2.24, 2.45) is 0 Å². The maximum atomic E-state index is 11.2. The lowest BCUT2D eigenvalue weighted by Crippen LogP contribution is -2.37. The zero-order valence-corrected chi connectivity index (χ0v) is 8.36. The number of nitrogens with one attached hydrogen (secondary N) is 1. The smallest absolute Gasteiger partial charge is 0.247 e. The number of carbonyl (C=O) groups is 1. The molecule has 0 spiro atoms. The first kappa shape index (κ1) is 11.0. The molecule has 0 heterocycles. The van der Waals surface area contributed by atoms with E-state index in [4.69, 9.17) is 5.11 Å². The highest BCUT2D eigenvalue weighted by molar-refractivity contribution is 5.88. The van der Waals surface area contributed by atoms with Gasteiger partial charge in [0.25, 0.3) is 0 Å². The molecule has 0 aliphatic heterocycles. The summed E-state index contributed by atoms with van der Waals surface area (Å²) in [4.78, 5) is 11.2. The minimum Gasteiger partial charge on any atom is -0.512 e. The molecule has 1 rings (SSSR count). The normalized spacial score (nSPS) is 28.6. The van der Waals surface area contributed by atoms with Gasteiger partial charge in [-0.2, -0.15) is 0 Å². The first-order valence-corrected chi connectivity index (χ1v) is 4.93. The van der Waals surface area contributed by atoms with Gasteiger partial charge in [0.1, 0.15) is 0 Å². The topological polar surface area (TPSA) is 69.6 Å². The molecule has 3 N–H and O–H groups in total. The fourth-order valence-corrected chi connectivity index (χ4v) is 1.65. The van der Waals surface area contributed by atoms with Gasteiger partial charge in [0, 0.05) is 12.1 Å². The van der Waals surface area contributed by atoms with Crippen LogP contribution in [0, 0.1) is 0 Å². The molecule has 0 atom stereocenters. The summed E-state index contributed by atoms with van der Waals surface area (Å²) in [7, 11) is 0. The predicted octanol–water partition coefficient (Wildman–Crippen LogP) is 0.868. The number of rotatable bonds is 2. The van der Waals surface area contributed by atoms with Gasteiger partial charge in [-0.25, -0.2) is 0 Å². The fraction of sp³-hybridized carbons (Fsp3) is 0.700. The Balaban J connectivity index is 2.31. The highest BCUT2D eigenvalue weighted by atomic mass is 16.3. The van der Waals surface area contributed by atoms with Crippen LogP contribution in [0.2, 0.25) is 0 Å². The summed E-state index contributed by atoms with van der Waals surface area (Å²) in [5.41, 5.74) is 0. The lowest BCUT2D eigenvalue weighted by atomic mass is 9.93. The van der Waals surface area contributed by atoms with Crippen LogP contribution < -0.4 is 5.32 Å². The molecule has 4 heteroatoms. The third-order valence-electron chi connectivity index (χ3n) is 2.38. The van der Waals surface area contributed by atoms with Crippen molar-refractivity contribution in [2.45, 2.75) is 44.8 Å². The monoisotopic (exact) mass is 199 g/mol. The summed E-state index contributed by atoms with van der Waals surface area (Å²) in [5.74, 6) is -0.246. The van der Waals surface area contributed by atoms with Crippen LogP contribution in [0.3, 0.4) is 0 Å². The van der Waals surface area contributed by atoms with Crippen molar-refractivity contribution in [3.63, 3.8) is 0 Å². The SMILES string of the molecule is CC(O)=CC(=O)NC1CCC(O)CC1. The molecule has 0 radical (unpaired) electrons. The molecule has 0 aromatic carbocycles. The van der Waals surface area contributed by atoms with E-state index in [0.717, 1.165) is 25.7 Å². The van der Waals surface area contributed by atoms with E-state index >= 15 is 0 Å². The van der Waals surface area contributed by atoms with E-state index in [-0.39, 0.29) is 23.8 Å². The third-order valence-corrected chi connectivity index (χ3v) is 2.38. The number of carbonyl (C=O) groups excluding carboxylic acids is 1. The number of hydrogen-bond acceptors (Lipinski definition) is 3. The van der Waals surface area contributed by atoms with E-state index in [1.807, 2.05) is 0 Å². The molecule has 80 valence electrons. The highest BCUT2D eigenvalue weighted by Crippen LogP contribution is 2.18. The van der Waals surface area contributed by atoms with Crippen molar-refractivity contribution in [3.8, 4) is 0 Å². The van der Waals surface area contributed by atoms with Crippen molar-refractivity contribution in [3.05, 3.63) is 11.8 Å². The second-order valence-electron chi connectivity index (χ2n) is 3.80. The van der Waals surface area contributed by atoms with Crippen LogP contribution >= 0.6 is 0 Å². The molecular formula is C10H17NO3.